The Kier molecular flexibility index (Phi) is 5.17. The van der Waals surface area contributed by atoms with E-state index in [1.165, 1.54) is 10.9 Å². The Bertz CT molecular complexity index is 834. The number of hydrogen-bond donors (Lipinski definition) is 2. The van der Waals surface area contributed by atoms with E-state index in [0.717, 1.165) is 47.5 Å². The van der Waals surface area contributed by atoms with E-state index < -0.39 is 10.0 Å². The molecule has 0 spiro atoms. The lowest BCUT2D eigenvalue weighted by Crippen LogP contribution is -2.24. The van der Waals surface area contributed by atoms with Crippen LogP contribution in [0.2, 0.25) is 0 Å². The molecule has 5 nitrogen and oxygen atoms in total. The van der Waals surface area contributed by atoms with Gasteiger partial charge in [-0.3, -0.25) is 0 Å². The Morgan fingerprint density at radius 2 is 2.12 bits per heavy atom. The molecule has 0 atom stereocenters. The van der Waals surface area contributed by atoms with E-state index >= 15 is 0 Å². The first kappa shape index (κ1) is 17.3. The molecule has 24 heavy (non-hydrogen) atoms. The Hall–Kier alpha value is -1.51. The molecule has 1 aromatic carbocycles. The highest BCUT2D eigenvalue weighted by Gasteiger charge is 2.19. The molecule has 0 fully saturated rings. The smallest absolute Gasteiger partial charge is 0.208 e. The SMILES string of the molecule is CS(=O)(=O)NCCCNc1nc2c(s1)CCCc1ccc(F)cc1-2. The van der Waals surface area contributed by atoms with Crippen molar-refractivity contribution in [1.82, 2.24) is 9.71 Å². The van der Waals surface area contributed by atoms with E-state index in [2.05, 4.69) is 15.0 Å². The summed E-state index contributed by atoms with van der Waals surface area (Å²) >= 11 is 1.60. The minimum atomic E-state index is -3.14. The van der Waals surface area contributed by atoms with E-state index in [-0.39, 0.29) is 5.82 Å². The van der Waals surface area contributed by atoms with Crippen molar-refractivity contribution in [3.05, 3.63) is 34.5 Å². The monoisotopic (exact) mass is 369 g/mol. The number of sulfonamides is 1. The van der Waals surface area contributed by atoms with Crippen LogP contribution in [0.3, 0.4) is 0 Å². The average molecular weight is 369 g/mol. The van der Waals surface area contributed by atoms with Crippen molar-refractivity contribution in [3.63, 3.8) is 0 Å². The molecular weight excluding hydrogens is 349 g/mol. The number of nitrogens with one attached hydrogen (secondary N) is 2. The number of halogens is 1. The normalized spacial score (nSPS) is 13.9. The van der Waals surface area contributed by atoms with Gasteiger partial charge in [0.05, 0.1) is 11.9 Å². The van der Waals surface area contributed by atoms with Gasteiger partial charge in [0.1, 0.15) is 5.82 Å². The van der Waals surface area contributed by atoms with Crippen LogP contribution in [0, 0.1) is 5.82 Å². The van der Waals surface area contributed by atoms with Gasteiger partial charge >= 0.3 is 0 Å². The summed E-state index contributed by atoms with van der Waals surface area (Å²) in [6.45, 7) is 1.02. The molecule has 0 bridgehead atoms. The molecule has 0 saturated heterocycles. The molecule has 3 rings (SSSR count). The fourth-order valence-corrected chi connectivity index (χ4v) is 4.33. The fourth-order valence-electron chi connectivity index (χ4n) is 2.78. The van der Waals surface area contributed by atoms with Crippen LogP contribution in [0.5, 0.6) is 0 Å². The number of rotatable bonds is 6. The lowest BCUT2D eigenvalue weighted by Gasteiger charge is -2.05. The highest BCUT2D eigenvalue weighted by Crippen LogP contribution is 2.37. The fraction of sp³-hybridized carbons (Fsp3) is 0.438. The Labute approximate surface area is 145 Å². The lowest BCUT2D eigenvalue weighted by atomic mass is 10.0. The van der Waals surface area contributed by atoms with E-state index in [4.69, 9.17) is 0 Å². The molecule has 0 saturated carbocycles. The first-order valence-electron chi connectivity index (χ1n) is 7.89. The van der Waals surface area contributed by atoms with Crippen LogP contribution in [0.15, 0.2) is 18.2 Å². The molecular formula is C16H20FN3O2S2. The zero-order valence-electron chi connectivity index (χ0n) is 13.4. The van der Waals surface area contributed by atoms with Gasteiger partial charge in [0.15, 0.2) is 5.13 Å². The molecule has 1 aromatic heterocycles. The van der Waals surface area contributed by atoms with Crippen molar-refractivity contribution in [2.24, 2.45) is 0 Å². The molecule has 0 unspecified atom stereocenters. The summed E-state index contributed by atoms with van der Waals surface area (Å²) in [4.78, 5) is 5.82. The molecule has 8 heteroatoms. The Morgan fingerprint density at radius 3 is 2.92 bits per heavy atom. The van der Waals surface area contributed by atoms with Gasteiger partial charge in [-0.05, 0) is 43.4 Å². The van der Waals surface area contributed by atoms with Crippen molar-refractivity contribution < 1.29 is 12.8 Å². The predicted molar refractivity (Wildman–Crippen MR) is 95.5 cm³/mol. The second kappa shape index (κ2) is 7.16. The van der Waals surface area contributed by atoms with Crippen molar-refractivity contribution >= 4 is 26.5 Å². The topological polar surface area (TPSA) is 71.1 Å². The summed E-state index contributed by atoms with van der Waals surface area (Å²) in [5.41, 5.74) is 2.92. The lowest BCUT2D eigenvalue weighted by molar-refractivity contribution is 0.586. The van der Waals surface area contributed by atoms with Crippen LogP contribution in [-0.4, -0.2) is 32.7 Å². The Balaban J connectivity index is 1.68. The number of nitrogens with zero attached hydrogens (tertiary/aromatic N) is 1. The van der Waals surface area contributed by atoms with E-state index in [9.17, 15) is 12.8 Å². The van der Waals surface area contributed by atoms with Gasteiger partial charge in [-0.15, -0.1) is 11.3 Å². The standard InChI is InChI=1S/C16H20FN3O2S2/c1-24(21,22)19-9-3-8-18-16-20-15-13-10-12(17)7-6-11(13)4-2-5-14(15)23-16/h6-7,10,19H,2-5,8-9H2,1H3,(H,18,20). The van der Waals surface area contributed by atoms with E-state index in [0.29, 0.717) is 19.5 Å². The third-order valence-corrected chi connectivity index (χ3v) is 5.67. The van der Waals surface area contributed by atoms with Crippen molar-refractivity contribution in [2.75, 3.05) is 24.7 Å². The molecule has 0 radical (unpaired) electrons. The molecule has 2 N–H and O–H groups in total. The number of thiazole rings is 1. The molecule has 0 amide bonds. The van der Waals surface area contributed by atoms with Crippen LogP contribution in [0.1, 0.15) is 23.3 Å². The third-order valence-electron chi connectivity index (χ3n) is 3.87. The number of aromatic nitrogens is 1. The maximum Gasteiger partial charge on any atom is 0.208 e. The van der Waals surface area contributed by atoms with Crippen molar-refractivity contribution in [2.45, 2.75) is 25.7 Å². The zero-order chi connectivity index (χ0) is 17.2. The highest BCUT2D eigenvalue weighted by molar-refractivity contribution is 7.88. The van der Waals surface area contributed by atoms with Crippen LogP contribution >= 0.6 is 11.3 Å². The summed E-state index contributed by atoms with van der Waals surface area (Å²) in [5, 5.41) is 4.04. The second-order valence-corrected chi connectivity index (χ2v) is 8.81. The minimum Gasteiger partial charge on any atom is -0.361 e. The van der Waals surface area contributed by atoms with Gasteiger partial charge in [0.25, 0.3) is 0 Å². The summed E-state index contributed by atoms with van der Waals surface area (Å²) in [5.74, 6) is -0.240. The van der Waals surface area contributed by atoms with Crippen LogP contribution in [-0.2, 0) is 22.9 Å². The number of anilines is 1. The number of benzene rings is 1. The maximum absolute atomic E-state index is 13.6. The summed E-state index contributed by atoms with van der Waals surface area (Å²) in [6, 6.07) is 4.92. The molecule has 1 heterocycles. The maximum atomic E-state index is 13.6. The number of aryl methyl sites for hydroxylation is 2. The molecule has 2 aromatic rings. The first-order chi connectivity index (χ1) is 11.4. The van der Waals surface area contributed by atoms with Gasteiger partial charge in [-0.1, -0.05) is 6.07 Å². The quantitative estimate of drug-likeness (QED) is 0.768. The number of fused-ring (bicyclic) bond motifs is 3. The number of hydrogen-bond acceptors (Lipinski definition) is 5. The molecule has 0 aliphatic heterocycles. The minimum absolute atomic E-state index is 0.240. The van der Waals surface area contributed by atoms with Crippen LogP contribution < -0.4 is 10.0 Å². The Morgan fingerprint density at radius 1 is 1.29 bits per heavy atom. The second-order valence-electron chi connectivity index (χ2n) is 5.89. The molecule has 1 aliphatic carbocycles. The van der Waals surface area contributed by atoms with Crippen molar-refractivity contribution in [3.8, 4) is 11.3 Å². The largest absolute Gasteiger partial charge is 0.361 e. The van der Waals surface area contributed by atoms with Crippen LogP contribution in [0.4, 0.5) is 9.52 Å². The van der Waals surface area contributed by atoms with Crippen LogP contribution in [0.25, 0.3) is 11.3 Å². The predicted octanol–water partition coefficient (Wildman–Crippen LogP) is 2.79. The third kappa shape index (κ3) is 4.31. The summed E-state index contributed by atoms with van der Waals surface area (Å²) in [7, 11) is -3.14. The van der Waals surface area contributed by atoms with Gasteiger partial charge < -0.3 is 5.32 Å². The van der Waals surface area contributed by atoms with E-state index in [1.54, 1.807) is 17.4 Å². The van der Waals surface area contributed by atoms with Gasteiger partial charge in [-0.2, -0.15) is 0 Å². The summed E-state index contributed by atoms with van der Waals surface area (Å²) < 4.78 is 38.1. The van der Waals surface area contributed by atoms with Gasteiger partial charge in [0, 0.05) is 23.5 Å². The van der Waals surface area contributed by atoms with Gasteiger partial charge in [-0.25, -0.2) is 22.5 Å². The molecule has 1 aliphatic rings. The first-order valence-corrected chi connectivity index (χ1v) is 10.6. The van der Waals surface area contributed by atoms with Gasteiger partial charge in [0.2, 0.25) is 10.0 Å². The van der Waals surface area contributed by atoms with E-state index in [1.807, 2.05) is 6.07 Å². The van der Waals surface area contributed by atoms with Crippen molar-refractivity contribution in [1.29, 1.82) is 0 Å². The average Bonchev–Trinajstić information content (AvgIpc) is 2.83. The molecule has 130 valence electrons. The summed E-state index contributed by atoms with van der Waals surface area (Å²) in [6.07, 6.45) is 4.74. The zero-order valence-corrected chi connectivity index (χ0v) is 15.1. The highest BCUT2D eigenvalue weighted by atomic mass is 32.2.